The van der Waals surface area contributed by atoms with E-state index in [4.69, 9.17) is 9.47 Å². The van der Waals surface area contributed by atoms with Gasteiger partial charge in [-0.2, -0.15) is 0 Å². The fourth-order valence-corrected chi connectivity index (χ4v) is 2.22. The van der Waals surface area contributed by atoms with Crippen molar-refractivity contribution in [3.8, 4) is 0 Å². The molecule has 2 rings (SSSR count). The molecule has 0 aliphatic carbocycles. The van der Waals surface area contributed by atoms with Gasteiger partial charge < -0.3 is 9.47 Å². The van der Waals surface area contributed by atoms with Crippen molar-refractivity contribution in [3.05, 3.63) is 35.9 Å². The zero-order chi connectivity index (χ0) is 14.5. The van der Waals surface area contributed by atoms with Crippen molar-refractivity contribution in [2.75, 3.05) is 6.54 Å². The zero-order valence-electron chi connectivity index (χ0n) is 11.7. The number of carbonyl (C=O) groups excluding carboxylic acids is 2. The Balaban J connectivity index is 1.94. The highest BCUT2D eigenvalue weighted by molar-refractivity contribution is 5.82. The first kappa shape index (κ1) is 14.4. The summed E-state index contributed by atoms with van der Waals surface area (Å²) in [6, 6.07) is 8.89. The third-order valence-electron chi connectivity index (χ3n) is 3.25. The Bertz CT molecular complexity index is 474. The van der Waals surface area contributed by atoms with Crippen LogP contribution in [0.4, 0.5) is 4.79 Å². The van der Waals surface area contributed by atoms with E-state index in [1.54, 1.807) is 6.92 Å². The number of benzene rings is 1. The van der Waals surface area contributed by atoms with Gasteiger partial charge >= 0.3 is 12.1 Å². The third kappa shape index (κ3) is 3.29. The van der Waals surface area contributed by atoms with Gasteiger partial charge in [0.1, 0.15) is 18.8 Å². The van der Waals surface area contributed by atoms with Gasteiger partial charge in [0, 0.05) is 0 Å². The van der Waals surface area contributed by atoms with Gasteiger partial charge in [-0.25, -0.2) is 9.59 Å². The summed E-state index contributed by atoms with van der Waals surface area (Å²) in [5, 5.41) is 0. The van der Waals surface area contributed by atoms with E-state index < -0.39 is 12.1 Å². The standard InChI is InChI=1S/C15H19NO4/c1-3-13(16-9-11(2)20-15(16)18)14(17)19-10-12-7-5-4-6-8-12/h4-8,11,13H,3,9-10H2,1-2H3. The Morgan fingerprint density at radius 3 is 2.70 bits per heavy atom. The van der Waals surface area contributed by atoms with Gasteiger partial charge in [-0.3, -0.25) is 4.90 Å². The van der Waals surface area contributed by atoms with Gasteiger partial charge in [-0.05, 0) is 18.9 Å². The minimum Gasteiger partial charge on any atom is -0.459 e. The summed E-state index contributed by atoms with van der Waals surface area (Å²) in [4.78, 5) is 25.2. The molecule has 1 aliphatic heterocycles. The second-order valence-electron chi connectivity index (χ2n) is 4.86. The number of esters is 1. The average Bonchev–Trinajstić information content (AvgIpc) is 2.77. The summed E-state index contributed by atoms with van der Waals surface area (Å²) < 4.78 is 10.3. The fourth-order valence-electron chi connectivity index (χ4n) is 2.22. The SMILES string of the molecule is CCC(C(=O)OCc1ccccc1)N1CC(C)OC1=O. The summed E-state index contributed by atoms with van der Waals surface area (Å²) in [6.07, 6.45) is -0.116. The molecule has 1 saturated heterocycles. The first-order chi connectivity index (χ1) is 9.61. The maximum Gasteiger partial charge on any atom is 0.410 e. The van der Waals surface area contributed by atoms with Gasteiger partial charge in [-0.1, -0.05) is 37.3 Å². The van der Waals surface area contributed by atoms with Gasteiger partial charge in [0.2, 0.25) is 0 Å². The van der Waals surface area contributed by atoms with Crippen molar-refractivity contribution >= 4 is 12.1 Å². The summed E-state index contributed by atoms with van der Waals surface area (Å²) in [5.74, 6) is -0.387. The molecule has 0 saturated carbocycles. The predicted molar refractivity (Wildman–Crippen MR) is 73.0 cm³/mol. The van der Waals surface area contributed by atoms with Crippen molar-refractivity contribution in [1.82, 2.24) is 4.90 Å². The van der Waals surface area contributed by atoms with E-state index in [9.17, 15) is 9.59 Å². The van der Waals surface area contributed by atoms with Crippen molar-refractivity contribution in [1.29, 1.82) is 0 Å². The topological polar surface area (TPSA) is 55.8 Å². The molecule has 0 bridgehead atoms. The molecule has 0 N–H and O–H groups in total. The molecule has 5 heteroatoms. The Hall–Kier alpha value is -2.04. The highest BCUT2D eigenvalue weighted by Gasteiger charge is 2.37. The molecule has 1 heterocycles. The average molecular weight is 277 g/mol. The molecule has 1 fully saturated rings. The summed E-state index contributed by atoms with van der Waals surface area (Å²) in [6.45, 7) is 4.30. The maximum absolute atomic E-state index is 12.1. The van der Waals surface area contributed by atoms with Gasteiger partial charge in [-0.15, -0.1) is 0 Å². The number of hydrogen-bond donors (Lipinski definition) is 0. The van der Waals surface area contributed by atoms with E-state index in [1.165, 1.54) is 4.90 Å². The molecule has 1 aromatic carbocycles. The molecule has 2 atom stereocenters. The minimum absolute atomic E-state index is 0.182. The van der Waals surface area contributed by atoms with Crippen LogP contribution in [0.1, 0.15) is 25.8 Å². The number of ether oxygens (including phenoxy) is 2. The zero-order valence-corrected chi connectivity index (χ0v) is 11.7. The number of amides is 1. The highest BCUT2D eigenvalue weighted by atomic mass is 16.6. The fraction of sp³-hybridized carbons (Fsp3) is 0.467. The summed E-state index contributed by atoms with van der Waals surface area (Å²) in [7, 11) is 0. The summed E-state index contributed by atoms with van der Waals surface area (Å²) >= 11 is 0. The minimum atomic E-state index is -0.573. The maximum atomic E-state index is 12.1. The van der Waals surface area contributed by atoms with E-state index in [0.29, 0.717) is 13.0 Å². The molecule has 5 nitrogen and oxygen atoms in total. The molecule has 108 valence electrons. The molecule has 0 radical (unpaired) electrons. The highest BCUT2D eigenvalue weighted by Crippen LogP contribution is 2.17. The largest absolute Gasteiger partial charge is 0.459 e. The first-order valence-electron chi connectivity index (χ1n) is 6.79. The number of carbonyl (C=O) groups is 2. The van der Waals surface area contributed by atoms with Gasteiger partial charge in [0.25, 0.3) is 0 Å². The quantitative estimate of drug-likeness (QED) is 0.775. The normalized spacial score (nSPS) is 19.6. The molecule has 20 heavy (non-hydrogen) atoms. The molecular formula is C15H19NO4. The van der Waals surface area contributed by atoms with Crippen molar-refractivity contribution in [2.24, 2.45) is 0 Å². The molecular weight excluding hydrogens is 258 g/mol. The van der Waals surface area contributed by atoms with Crippen LogP contribution in [0.5, 0.6) is 0 Å². The third-order valence-corrected chi connectivity index (χ3v) is 3.25. The van der Waals surface area contributed by atoms with Crippen LogP contribution in [0.2, 0.25) is 0 Å². The Morgan fingerprint density at radius 2 is 2.15 bits per heavy atom. The Labute approximate surface area is 118 Å². The predicted octanol–water partition coefficient (Wildman–Crippen LogP) is 2.35. The van der Waals surface area contributed by atoms with Crippen LogP contribution in [0.15, 0.2) is 30.3 Å². The molecule has 2 unspecified atom stereocenters. The van der Waals surface area contributed by atoms with Crippen molar-refractivity contribution < 1.29 is 19.1 Å². The smallest absolute Gasteiger partial charge is 0.410 e. The lowest BCUT2D eigenvalue weighted by atomic mass is 10.2. The molecule has 0 aromatic heterocycles. The van der Waals surface area contributed by atoms with Crippen LogP contribution >= 0.6 is 0 Å². The van der Waals surface area contributed by atoms with E-state index >= 15 is 0 Å². The number of nitrogens with zero attached hydrogens (tertiary/aromatic N) is 1. The van der Waals surface area contributed by atoms with Crippen molar-refractivity contribution in [2.45, 2.75) is 39.0 Å². The molecule has 0 spiro atoms. The first-order valence-corrected chi connectivity index (χ1v) is 6.79. The second-order valence-corrected chi connectivity index (χ2v) is 4.86. The van der Waals surface area contributed by atoms with Crippen molar-refractivity contribution in [3.63, 3.8) is 0 Å². The lowest BCUT2D eigenvalue weighted by Crippen LogP contribution is -2.42. The van der Waals surface area contributed by atoms with E-state index in [-0.39, 0.29) is 18.7 Å². The van der Waals surface area contributed by atoms with Gasteiger partial charge in [0.15, 0.2) is 0 Å². The molecule has 1 aromatic rings. The van der Waals surface area contributed by atoms with Gasteiger partial charge in [0.05, 0.1) is 6.54 Å². The number of rotatable bonds is 5. The van der Waals surface area contributed by atoms with Crippen LogP contribution in [-0.4, -0.2) is 35.7 Å². The molecule has 1 aliphatic rings. The van der Waals surface area contributed by atoms with Crippen LogP contribution in [0.25, 0.3) is 0 Å². The Kier molecular flexibility index (Phi) is 4.61. The lowest BCUT2D eigenvalue weighted by molar-refractivity contribution is -0.150. The van der Waals surface area contributed by atoms with Crippen LogP contribution in [0, 0.1) is 0 Å². The number of cyclic esters (lactones) is 1. The van der Waals surface area contributed by atoms with E-state index in [1.807, 2.05) is 37.3 Å². The Morgan fingerprint density at radius 1 is 1.45 bits per heavy atom. The lowest BCUT2D eigenvalue weighted by Gasteiger charge is -2.22. The monoisotopic (exact) mass is 277 g/mol. The van der Waals surface area contributed by atoms with Crippen LogP contribution in [-0.2, 0) is 20.9 Å². The van der Waals surface area contributed by atoms with E-state index in [2.05, 4.69) is 0 Å². The van der Waals surface area contributed by atoms with Crippen LogP contribution < -0.4 is 0 Å². The second kappa shape index (κ2) is 6.41. The van der Waals surface area contributed by atoms with E-state index in [0.717, 1.165) is 5.56 Å². The molecule has 1 amide bonds. The summed E-state index contributed by atoms with van der Waals surface area (Å²) in [5.41, 5.74) is 0.924. The van der Waals surface area contributed by atoms with Crippen LogP contribution in [0.3, 0.4) is 0 Å². The number of hydrogen-bond acceptors (Lipinski definition) is 4.